The summed E-state index contributed by atoms with van der Waals surface area (Å²) in [7, 11) is 3.18. The highest BCUT2D eigenvalue weighted by Gasteiger charge is 2.20. The van der Waals surface area contributed by atoms with E-state index < -0.39 is 11.9 Å². The fraction of sp³-hybridized carbons (Fsp3) is 0.423. The minimum atomic E-state index is -1.82. The van der Waals surface area contributed by atoms with Crippen LogP contribution in [-0.4, -0.2) is 75.5 Å². The lowest BCUT2D eigenvalue weighted by Gasteiger charge is -2.36. The lowest BCUT2D eigenvalue weighted by Crippen LogP contribution is -2.49. The van der Waals surface area contributed by atoms with Gasteiger partial charge in [-0.3, -0.25) is 23.6 Å². The minimum Gasteiger partial charge on any atom is -0.493 e. The number of hydrogen-bond donors (Lipinski definition) is 2. The topological polar surface area (TPSA) is 165 Å². The summed E-state index contributed by atoms with van der Waals surface area (Å²) in [5.41, 5.74) is 0.489. The Balaban J connectivity index is 0.000000631. The maximum absolute atomic E-state index is 12.7. The van der Waals surface area contributed by atoms with E-state index in [1.807, 2.05) is 6.07 Å². The summed E-state index contributed by atoms with van der Waals surface area (Å²) in [4.78, 5) is 59.5. The van der Waals surface area contributed by atoms with E-state index in [1.54, 1.807) is 33.0 Å². The second-order valence-electron chi connectivity index (χ2n) is 9.12. The van der Waals surface area contributed by atoms with Crippen molar-refractivity contribution in [1.82, 2.24) is 14.0 Å². The van der Waals surface area contributed by atoms with Crippen LogP contribution in [0.25, 0.3) is 11.0 Å². The summed E-state index contributed by atoms with van der Waals surface area (Å²) >= 11 is 0. The third-order valence-corrected chi connectivity index (χ3v) is 6.60. The van der Waals surface area contributed by atoms with Gasteiger partial charge >= 0.3 is 17.6 Å². The zero-order chi connectivity index (χ0) is 28.9. The summed E-state index contributed by atoms with van der Waals surface area (Å²) < 4.78 is 14.3. The summed E-state index contributed by atoms with van der Waals surface area (Å²) in [5, 5.41) is 15.3. The van der Waals surface area contributed by atoms with Gasteiger partial charge in [-0.15, -0.1) is 0 Å². The molecule has 0 unspecified atom stereocenters. The van der Waals surface area contributed by atoms with Crippen LogP contribution in [-0.2, 0) is 23.7 Å². The van der Waals surface area contributed by atoms with Gasteiger partial charge in [0.05, 0.1) is 6.61 Å². The molecular weight excluding hydrogens is 512 g/mol. The average molecular weight is 545 g/mol. The molecule has 1 fully saturated rings. The fourth-order valence-electron chi connectivity index (χ4n) is 4.22. The van der Waals surface area contributed by atoms with Crippen molar-refractivity contribution in [2.75, 3.05) is 44.2 Å². The molecule has 13 nitrogen and oxygen atoms in total. The van der Waals surface area contributed by atoms with E-state index in [0.717, 1.165) is 43.7 Å². The first kappa shape index (κ1) is 29.2. The van der Waals surface area contributed by atoms with Gasteiger partial charge in [0.25, 0.3) is 5.56 Å². The number of fused-ring (bicyclic) bond motifs is 1. The molecule has 0 amide bonds. The Labute approximate surface area is 223 Å². The van der Waals surface area contributed by atoms with E-state index in [2.05, 4.69) is 9.80 Å². The van der Waals surface area contributed by atoms with Crippen LogP contribution < -0.4 is 26.3 Å². The molecule has 4 rings (SSSR count). The molecule has 0 bridgehead atoms. The number of nitrogens with zero attached hydrogens (tertiary/aromatic N) is 4. The van der Waals surface area contributed by atoms with E-state index >= 15 is 0 Å². The van der Waals surface area contributed by atoms with Gasteiger partial charge in [0, 0.05) is 58.4 Å². The first-order valence-corrected chi connectivity index (χ1v) is 12.3. The first-order chi connectivity index (χ1) is 18.4. The molecule has 2 N–H and O–H groups in total. The third kappa shape index (κ3) is 6.74. The van der Waals surface area contributed by atoms with Crippen LogP contribution in [0.1, 0.15) is 17.7 Å². The third-order valence-electron chi connectivity index (χ3n) is 6.60. The number of hydrogen-bond acceptors (Lipinski definition) is 9. The SMILES string of the molecule is Cc1oc2cccc(OCCCN3CCN(c4cc(=O)n(C)c(=O)n4C)CC3)c2c(=O)c1C.O=C(O)C(=O)O. The van der Waals surface area contributed by atoms with Gasteiger partial charge in [-0.2, -0.15) is 0 Å². The Kier molecular flexibility index (Phi) is 9.30. The zero-order valence-electron chi connectivity index (χ0n) is 22.3. The molecule has 1 saturated heterocycles. The summed E-state index contributed by atoms with van der Waals surface area (Å²) in [6, 6.07) is 6.95. The Morgan fingerprint density at radius 1 is 0.974 bits per heavy atom. The number of ether oxygens (including phenoxy) is 1. The van der Waals surface area contributed by atoms with E-state index in [1.165, 1.54) is 17.7 Å². The predicted octanol–water partition coefficient (Wildman–Crippen LogP) is 0.554. The maximum atomic E-state index is 12.7. The zero-order valence-corrected chi connectivity index (χ0v) is 22.3. The van der Waals surface area contributed by atoms with Crippen LogP contribution in [0, 0.1) is 13.8 Å². The van der Waals surface area contributed by atoms with E-state index in [-0.39, 0.29) is 16.7 Å². The first-order valence-electron chi connectivity index (χ1n) is 12.3. The number of carboxylic acids is 2. The van der Waals surface area contributed by atoms with Crippen LogP contribution in [0.5, 0.6) is 5.75 Å². The molecule has 0 spiro atoms. The van der Waals surface area contributed by atoms with Gasteiger partial charge in [0.2, 0.25) is 0 Å². The summed E-state index contributed by atoms with van der Waals surface area (Å²) in [6.45, 7) is 8.06. The molecule has 210 valence electrons. The normalized spacial score (nSPS) is 13.6. The van der Waals surface area contributed by atoms with Gasteiger partial charge in [-0.25, -0.2) is 14.4 Å². The number of piperazine rings is 1. The maximum Gasteiger partial charge on any atom is 0.414 e. The number of benzene rings is 1. The van der Waals surface area contributed by atoms with Crippen LogP contribution in [0.15, 0.2) is 43.1 Å². The molecule has 39 heavy (non-hydrogen) atoms. The summed E-state index contributed by atoms with van der Waals surface area (Å²) in [6.07, 6.45) is 0.816. The van der Waals surface area contributed by atoms with Crippen molar-refractivity contribution in [1.29, 1.82) is 0 Å². The number of carbonyl (C=O) groups is 2. The van der Waals surface area contributed by atoms with Gasteiger partial charge in [0.15, 0.2) is 5.43 Å². The highest BCUT2D eigenvalue weighted by Crippen LogP contribution is 2.24. The number of anilines is 1. The summed E-state index contributed by atoms with van der Waals surface area (Å²) in [5.74, 6) is -1.81. The van der Waals surface area contributed by atoms with Crippen molar-refractivity contribution in [2.24, 2.45) is 14.1 Å². The average Bonchev–Trinajstić information content (AvgIpc) is 2.91. The number of carboxylic acid groups (broad SMARTS) is 2. The highest BCUT2D eigenvalue weighted by molar-refractivity contribution is 6.27. The molecule has 1 aliphatic heterocycles. The Bertz CT molecular complexity index is 1530. The molecule has 13 heteroatoms. The van der Waals surface area contributed by atoms with Gasteiger partial charge < -0.3 is 24.3 Å². The molecular formula is C26H32N4O9. The lowest BCUT2D eigenvalue weighted by molar-refractivity contribution is -0.159. The number of rotatable bonds is 6. The minimum absolute atomic E-state index is 0.0504. The molecule has 0 saturated carbocycles. The van der Waals surface area contributed by atoms with Crippen molar-refractivity contribution >= 4 is 28.7 Å². The molecule has 0 atom stereocenters. The van der Waals surface area contributed by atoms with Crippen molar-refractivity contribution in [2.45, 2.75) is 20.3 Å². The highest BCUT2D eigenvalue weighted by atomic mass is 16.5. The Hall–Kier alpha value is -4.39. The second-order valence-corrected chi connectivity index (χ2v) is 9.12. The lowest BCUT2D eigenvalue weighted by atomic mass is 10.1. The predicted molar refractivity (Wildman–Crippen MR) is 143 cm³/mol. The molecule has 1 aromatic carbocycles. The van der Waals surface area contributed by atoms with Crippen molar-refractivity contribution in [3.05, 3.63) is 66.7 Å². The molecule has 3 heterocycles. The number of aliphatic carboxylic acids is 2. The van der Waals surface area contributed by atoms with Crippen LogP contribution in [0.4, 0.5) is 5.82 Å². The second kappa shape index (κ2) is 12.4. The quantitative estimate of drug-likeness (QED) is 0.329. The monoisotopic (exact) mass is 544 g/mol. The molecule has 2 aromatic heterocycles. The Morgan fingerprint density at radius 3 is 2.23 bits per heavy atom. The van der Waals surface area contributed by atoms with Gasteiger partial charge in [-0.1, -0.05) is 6.07 Å². The van der Waals surface area contributed by atoms with E-state index in [4.69, 9.17) is 29.0 Å². The fourth-order valence-corrected chi connectivity index (χ4v) is 4.22. The largest absolute Gasteiger partial charge is 0.493 e. The van der Waals surface area contributed by atoms with E-state index in [0.29, 0.717) is 40.5 Å². The standard InChI is InChI=1S/C24H30N4O5.C2H2O4/c1-16-17(2)33-19-8-5-7-18(22(19)23(16)30)32-14-6-9-27-10-12-28(13-11-27)20-15-21(29)26(4)24(31)25(20)3;3-1(4)2(5)6/h5,7-8,15H,6,9-14H2,1-4H3;(H,3,4)(H,5,6). The van der Waals surface area contributed by atoms with E-state index in [9.17, 15) is 14.4 Å². The van der Waals surface area contributed by atoms with Crippen molar-refractivity contribution in [3.63, 3.8) is 0 Å². The number of aromatic nitrogens is 2. The van der Waals surface area contributed by atoms with Crippen molar-refractivity contribution in [3.8, 4) is 5.75 Å². The van der Waals surface area contributed by atoms with Crippen molar-refractivity contribution < 1.29 is 29.0 Å². The molecule has 0 radical (unpaired) electrons. The number of aryl methyl sites for hydroxylation is 1. The molecule has 0 aliphatic carbocycles. The molecule has 1 aliphatic rings. The van der Waals surface area contributed by atoms with Gasteiger partial charge in [-0.05, 0) is 32.4 Å². The smallest absolute Gasteiger partial charge is 0.414 e. The van der Waals surface area contributed by atoms with Crippen LogP contribution in [0.3, 0.4) is 0 Å². The van der Waals surface area contributed by atoms with Gasteiger partial charge in [0.1, 0.15) is 28.3 Å². The Morgan fingerprint density at radius 2 is 1.62 bits per heavy atom. The van der Waals surface area contributed by atoms with Crippen LogP contribution >= 0.6 is 0 Å². The van der Waals surface area contributed by atoms with Crippen LogP contribution in [0.2, 0.25) is 0 Å². The molecule has 3 aromatic rings.